The molecule has 1 N–H and O–H groups in total. The van der Waals surface area contributed by atoms with Crippen LogP contribution in [0.4, 0.5) is 0 Å². The zero-order valence-corrected chi connectivity index (χ0v) is 11.7. The summed E-state index contributed by atoms with van der Waals surface area (Å²) in [4.78, 5) is 13.7. The smallest absolute Gasteiger partial charge is 0.253 e. The van der Waals surface area contributed by atoms with E-state index in [0.29, 0.717) is 18.7 Å². The van der Waals surface area contributed by atoms with Gasteiger partial charge in [0.1, 0.15) is 5.75 Å². The summed E-state index contributed by atoms with van der Waals surface area (Å²) in [6.45, 7) is 1.89. The summed E-state index contributed by atoms with van der Waals surface area (Å²) in [5.74, 6) is 0.586. The third kappa shape index (κ3) is 4.11. The molecule has 0 spiro atoms. The average Bonchev–Trinajstić information content (AvgIpc) is 3.21. The lowest BCUT2D eigenvalue weighted by molar-refractivity contribution is 0.0681. The summed E-state index contributed by atoms with van der Waals surface area (Å²) in [7, 11) is 1.73. The number of ether oxygens (including phenoxy) is 1. The maximum absolute atomic E-state index is 12.1. The molecule has 0 heterocycles. The molecule has 0 aliphatic heterocycles. The van der Waals surface area contributed by atoms with E-state index in [4.69, 9.17) is 16.3 Å². The van der Waals surface area contributed by atoms with Gasteiger partial charge in [0.25, 0.3) is 5.91 Å². The van der Waals surface area contributed by atoms with E-state index in [1.807, 2.05) is 0 Å². The fourth-order valence-corrected chi connectivity index (χ4v) is 1.88. The van der Waals surface area contributed by atoms with Gasteiger partial charge in [0.2, 0.25) is 0 Å². The summed E-state index contributed by atoms with van der Waals surface area (Å²) >= 11 is 5.79. The highest BCUT2D eigenvalue weighted by molar-refractivity contribution is 6.32. The number of hydrogen-bond acceptors (Lipinski definition) is 3. The quantitative estimate of drug-likeness (QED) is 0.816. The second-order valence-corrected chi connectivity index (χ2v) is 5.32. The zero-order chi connectivity index (χ0) is 13.8. The van der Waals surface area contributed by atoms with Gasteiger partial charge >= 0.3 is 0 Å². The van der Waals surface area contributed by atoms with Gasteiger partial charge in [0.05, 0.1) is 11.6 Å². The number of amides is 1. The van der Waals surface area contributed by atoms with Gasteiger partial charge in [0.15, 0.2) is 0 Å². The Balaban J connectivity index is 1.81. The lowest BCUT2D eigenvalue weighted by Gasteiger charge is -2.17. The number of carbonyl (C=O) groups excluding carboxylic acids is 1. The first-order chi connectivity index (χ1) is 9.08. The van der Waals surface area contributed by atoms with E-state index in [1.165, 1.54) is 25.0 Å². The van der Waals surface area contributed by atoms with Crippen LogP contribution < -0.4 is 0 Å². The van der Waals surface area contributed by atoms with Crippen molar-refractivity contribution >= 4 is 17.5 Å². The van der Waals surface area contributed by atoms with Crippen LogP contribution in [0.2, 0.25) is 5.02 Å². The Kier molecular flexibility index (Phi) is 4.66. The summed E-state index contributed by atoms with van der Waals surface area (Å²) in [6.07, 6.45) is 2.53. The number of nitrogens with zero attached hydrogens (tertiary/aromatic N) is 1. The first-order valence-electron chi connectivity index (χ1n) is 6.39. The van der Waals surface area contributed by atoms with Crippen LogP contribution in [0.5, 0.6) is 5.75 Å². The van der Waals surface area contributed by atoms with Crippen molar-refractivity contribution in [1.82, 2.24) is 4.90 Å². The average molecular weight is 284 g/mol. The Morgan fingerprint density at radius 1 is 1.53 bits per heavy atom. The molecule has 0 aromatic heterocycles. The molecule has 1 aliphatic carbocycles. The number of benzene rings is 1. The minimum absolute atomic E-state index is 0.0198. The number of hydrogen-bond donors (Lipinski definition) is 1. The van der Waals surface area contributed by atoms with Crippen molar-refractivity contribution in [3.05, 3.63) is 28.8 Å². The van der Waals surface area contributed by atoms with E-state index in [9.17, 15) is 9.90 Å². The van der Waals surface area contributed by atoms with Crippen LogP contribution in [-0.2, 0) is 4.74 Å². The molecule has 0 radical (unpaired) electrons. The number of likely N-dealkylation sites (N-methyl/N-ethyl adjacent to an activating group) is 1. The molecule has 5 heteroatoms. The van der Waals surface area contributed by atoms with Crippen molar-refractivity contribution in [2.75, 3.05) is 26.8 Å². The minimum Gasteiger partial charge on any atom is -0.506 e. The number of phenolic OH excluding ortho intramolecular Hbond substituents is 1. The molecule has 1 amide bonds. The van der Waals surface area contributed by atoms with Gasteiger partial charge in [0, 0.05) is 25.8 Å². The molecule has 2 rings (SSSR count). The molecule has 104 valence electrons. The third-order valence-electron chi connectivity index (χ3n) is 3.16. The number of carbonyl (C=O) groups is 1. The summed E-state index contributed by atoms with van der Waals surface area (Å²) in [5, 5.41) is 9.50. The molecular weight excluding hydrogens is 266 g/mol. The Morgan fingerprint density at radius 3 is 2.89 bits per heavy atom. The van der Waals surface area contributed by atoms with Gasteiger partial charge in [-0.3, -0.25) is 4.79 Å². The van der Waals surface area contributed by atoms with Crippen molar-refractivity contribution in [3.8, 4) is 5.75 Å². The summed E-state index contributed by atoms with van der Waals surface area (Å²) in [5.41, 5.74) is 0.465. The lowest BCUT2D eigenvalue weighted by Crippen LogP contribution is -2.30. The Labute approximate surface area is 117 Å². The highest BCUT2D eigenvalue weighted by Crippen LogP contribution is 2.28. The van der Waals surface area contributed by atoms with Crippen molar-refractivity contribution in [1.29, 1.82) is 0 Å². The van der Waals surface area contributed by atoms with E-state index in [1.54, 1.807) is 18.0 Å². The molecule has 0 bridgehead atoms. The van der Waals surface area contributed by atoms with Crippen LogP contribution in [0.25, 0.3) is 0 Å². The van der Waals surface area contributed by atoms with Crippen molar-refractivity contribution in [2.24, 2.45) is 5.92 Å². The maximum atomic E-state index is 12.1. The number of rotatable bonds is 6. The molecule has 0 atom stereocenters. The predicted molar refractivity (Wildman–Crippen MR) is 73.6 cm³/mol. The van der Waals surface area contributed by atoms with Crippen LogP contribution >= 0.6 is 11.6 Å². The largest absolute Gasteiger partial charge is 0.506 e. The van der Waals surface area contributed by atoms with Gasteiger partial charge < -0.3 is 14.7 Å². The molecule has 1 aliphatic rings. The standard InChI is InChI=1S/C14H18ClNO3/c1-16(6-7-19-9-10-2-3-10)14(18)11-4-5-13(17)12(15)8-11/h4-5,8,10,17H,2-3,6-7,9H2,1H3. The first kappa shape index (κ1) is 14.2. The Morgan fingerprint density at radius 2 is 2.26 bits per heavy atom. The number of phenols is 1. The predicted octanol–water partition coefficient (Wildman–Crippen LogP) is 2.54. The van der Waals surface area contributed by atoms with Gasteiger partial charge in [-0.1, -0.05) is 11.6 Å². The van der Waals surface area contributed by atoms with Crippen LogP contribution in [0.3, 0.4) is 0 Å². The van der Waals surface area contributed by atoms with Crippen molar-refractivity contribution < 1.29 is 14.6 Å². The Hall–Kier alpha value is -1.26. The minimum atomic E-state index is -0.128. The topological polar surface area (TPSA) is 49.8 Å². The molecule has 1 aromatic carbocycles. The van der Waals surface area contributed by atoms with E-state index >= 15 is 0 Å². The van der Waals surface area contributed by atoms with Gasteiger partial charge in [-0.15, -0.1) is 0 Å². The first-order valence-corrected chi connectivity index (χ1v) is 6.77. The molecule has 0 unspecified atom stereocenters. The van der Waals surface area contributed by atoms with Crippen LogP contribution in [0, 0.1) is 5.92 Å². The zero-order valence-electron chi connectivity index (χ0n) is 10.9. The molecule has 1 aromatic rings. The molecule has 1 fully saturated rings. The van der Waals surface area contributed by atoms with Gasteiger partial charge in [-0.05, 0) is 37.0 Å². The van der Waals surface area contributed by atoms with E-state index in [0.717, 1.165) is 12.5 Å². The van der Waals surface area contributed by atoms with E-state index in [2.05, 4.69) is 0 Å². The molecule has 1 saturated carbocycles. The number of aromatic hydroxyl groups is 1. The highest BCUT2D eigenvalue weighted by atomic mass is 35.5. The van der Waals surface area contributed by atoms with Crippen LogP contribution in [0.1, 0.15) is 23.2 Å². The Bertz CT molecular complexity index is 460. The lowest BCUT2D eigenvalue weighted by atomic mass is 10.2. The van der Waals surface area contributed by atoms with Crippen molar-refractivity contribution in [3.63, 3.8) is 0 Å². The van der Waals surface area contributed by atoms with Gasteiger partial charge in [-0.25, -0.2) is 0 Å². The van der Waals surface area contributed by atoms with E-state index in [-0.39, 0.29) is 16.7 Å². The molecule has 19 heavy (non-hydrogen) atoms. The summed E-state index contributed by atoms with van der Waals surface area (Å²) in [6, 6.07) is 4.46. The fraction of sp³-hybridized carbons (Fsp3) is 0.500. The molecular formula is C14H18ClNO3. The van der Waals surface area contributed by atoms with Crippen LogP contribution in [0.15, 0.2) is 18.2 Å². The van der Waals surface area contributed by atoms with E-state index < -0.39 is 0 Å². The normalized spacial score (nSPS) is 14.4. The SMILES string of the molecule is CN(CCOCC1CC1)C(=O)c1ccc(O)c(Cl)c1. The number of halogens is 1. The second kappa shape index (κ2) is 6.26. The molecule has 4 nitrogen and oxygen atoms in total. The van der Waals surface area contributed by atoms with Crippen LogP contribution in [-0.4, -0.2) is 42.7 Å². The van der Waals surface area contributed by atoms with Crippen molar-refractivity contribution in [2.45, 2.75) is 12.8 Å². The van der Waals surface area contributed by atoms with Gasteiger partial charge in [-0.2, -0.15) is 0 Å². The maximum Gasteiger partial charge on any atom is 0.253 e. The summed E-state index contributed by atoms with van der Waals surface area (Å²) < 4.78 is 5.50. The monoisotopic (exact) mass is 283 g/mol. The highest BCUT2D eigenvalue weighted by Gasteiger charge is 2.21. The third-order valence-corrected chi connectivity index (χ3v) is 3.47. The molecule has 0 saturated heterocycles. The second-order valence-electron chi connectivity index (χ2n) is 4.91. The fourth-order valence-electron chi connectivity index (χ4n) is 1.70.